The summed E-state index contributed by atoms with van der Waals surface area (Å²) in [4.78, 5) is 71.4. The summed E-state index contributed by atoms with van der Waals surface area (Å²) in [5, 5.41) is 12.2. The van der Waals surface area contributed by atoms with Gasteiger partial charge in [-0.25, -0.2) is 0 Å². The molecule has 0 aliphatic carbocycles. The van der Waals surface area contributed by atoms with E-state index in [0.717, 1.165) is 12.8 Å². The third-order valence-electron chi connectivity index (χ3n) is 10.3. The topological polar surface area (TPSA) is 230 Å². The molecule has 60 heavy (non-hydrogen) atoms. The summed E-state index contributed by atoms with van der Waals surface area (Å²) < 4.78 is 17.9. The SMILES string of the molecule is CCCCOc1ccc(C(=O)C[C@@H](CCN)C(=O)N(C)[C@@H]2C(=O)C[C@@H](C)C(=O)N[C@H](C(=O)CCC#N)Cc3ccc(OCCN)c(c3)-c3cc2ccc3OCCN)c(Cl)c1. The monoisotopic (exact) mass is 844 g/mol. The largest absolute Gasteiger partial charge is 0.494 e. The first-order valence-corrected chi connectivity index (χ1v) is 20.8. The Balaban J connectivity index is 1.83. The summed E-state index contributed by atoms with van der Waals surface area (Å²) in [7, 11) is 1.49. The van der Waals surface area contributed by atoms with E-state index in [4.69, 9.17) is 43.0 Å². The Hall–Kier alpha value is -5.33. The Bertz CT molecular complexity index is 2040. The fraction of sp³-hybridized carbons (Fsp3) is 0.467. The molecule has 15 heteroatoms. The summed E-state index contributed by atoms with van der Waals surface area (Å²) in [6.07, 6.45) is 1.41. The Labute approximate surface area is 357 Å². The van der Waals surface area contributed by atoms with Gasteiger partial charge in [0.2, 0.25) is 11.8 Å². The third kappa shape index (κ3) is 12.6. The molecule has 4 rings (SSSR count). The predicted octanol–water partition coefficient (Wildman–Crippen LogP) is 5.11. The average Bonchev–Trinajstić information content (AvgIpc) is 3.23. The number of nitrogens with zero attached hydrogens (tertiary/aromatic N) is 2. The molecule has 3 aromatic carbocycles. The van der Waals surface area contributed by atoms with Gasteiger partial charge >= 0.3 is 0 Å². The number of ether oxygens (including phenoxy) is 3. The number of hydrogen-bond donors (Lipinski definition) is 4. The van der Waals surface area contributed by atoms with E-state index in [-0.39, 0.29) is 93.5 Å². The molecule has 0 radical (unpaired) electrons. The van der Waals surface area contributed by atoms with E-state index in [1.165, 1.54) is 11.9 Å². The molecular weight excluding hydrogens is 788 g/mol. The van der Waals surface area contributed by atoms with Crippen LogP contribution in [0.15, 0.2) is 54.6 Å². The summed E-state index contributed by atoms with van der Waals surface area (Å²) >= 11 is 6.55. The fourth-order valence-corrected chi connectivity index (χ4v) is 7.40. The maximum absolute atomic E-state index is 14.6. The number of nitrogens with one attached hydrogen (secondary N) is 1. The second-order valence-corrected chi connectivity index (χ2v) is 15.3. The van der Waals surface area contributed by atoms with Crippen LogP contribution in [0, 0.1) is 23.2 Å². The normalized spacial score (nSPS) is 17.1. The quantitative estimate of drug-likeness (QED) is 0.0860. The molecule has 1 aliphatic heterocycles. The number of ketones is 3. The van der Waals surface area contributed by atoms with E-state index in [9.17, 15) is 29.2 Å². The Kier molecular flexibility index (Phi) is 18.5. The standard InChI is InChI=1S/C45H57ClN6O8/c1-4-5-19-58-32-10-11-33(36(46)27-32)39(54)26-31(14-16-48)45(57)52(3)43-30-9-13-42(60-21-18-50)35(25-30)34-23-29(8-12-41(34)59-20-17-49)24-37(38(53)7-6-15-47)51-44(56)28(2)22-40(43)55/h8-13,23,25,27-28,31,37,43H,4-7,14,16-22,24,26,48-50H2,1-3H3,(H,51,56)/t28-,31-,37+,43+/m1/s1. The highest BCUT2D eigenvalue weighted by molar-refractivity contribution is 6.34. The van der Waals surface area contributed by atoms with Crippen molar-refractivity contribution >= 4 is 40.8 Å². The van der Waals surface area contributed by atoms with Gasteiger partial charge in [0, 0.05) is 74.3 Å². The number of benzene rings is 3. The molecule has 0 saturated carbocycles. The lowest BCUT2D eigenvalue weighted by Crippen LogP contribution is -2.46. The molecular formula is C45H57ClN6O8. The van der Waals surface area contributed by atoms with Gasteiger partial charge in [-0.1, -0.05) is 44.0 Å². The van der Waals surface area contributed by atoms with E-state index >= 15 is 0 Å². The number of Topliss-reactive ketones (excluding diaryl/α,β-unsaturated/α-hetero) is 3. The second kappa shape index (κ2) is 23.5. The number of likely N-dealkylation sites (N-methyl/N-ethyl adjacent to an activating group) is 1. The zero-order valence-electron chi connectivity index (χ0n) is 34.7. The van der Waals surface area contributed by atoms with Crippen molar-refractivity contribution in [3.05, 3.63) is 76.3 Å². The number of amides is 2. The van der Waals surface area contributed by atoms with Crippen molar-refractivity contribution in [2.24, 2.45) is 29.0 Å². The molecule has 0 unspecified atom stereocenters. The van der Waals surface area contributed by atoms with Crippen molar-refractivity contribution in [2.75, 3.05) is 46.5 Å². The average molecular weight is 845 g/mol. The van der Waals surface area contributed by atoms with Crippen LogP contribution in [-0.2, 0) is 25.6 Å². The van der Waals surface area contributed by atoms with E-state index in [0.29, 0.717) is 46.1 Å². The number of halogens is 1. The number of unbranched alkanes of at least 4 members (excludes halogenated alkanes) is 1. The van der Waals surface area contributed by atoms with Crippen LogP contribution in [0.4, 0.5) is 0 Å². The van der Waals surface area contributed by atoms with Gasteiger partial charge in [-0.2, -0.15) is 5.26 Å². The molecule has 2 amide bonds. The van der Waals surface area contributed by atoms with Gasteiger partial charge in [0.25, 0.3) is 0 Å². The minimum atomic E-state index is -1.24. The lowest BCUT2D eigenvalue weighted by Gasteiger charge is -2.32. The van der Waals surface area contributed by atoms with Crippen molar-refractivity contribution in [3.63, 3.8) is 0 Å². The van der Waals surface area contributed by atoms with Crippen LogP contribution < -0.4 is 36.7 Å². The second-order valence-electron chi connectivity index (χ2n) is 14.9. The zero-order valence-corrected chi connectivity index (χ0v) is 35.4. The van der Waals surface area contributed by atoms with Crippen LogP contribution in [-0.4, -0.2) is 86.6 Å². The molecule has 322 valence electrons. The highest BCUT2D eigenvalue weighted by Gasteiger charge is 2.36. The summed E-state index contributed by atoms with van der Waals surface area (Å²) in [5.74, 6) is -2.69. The Morgan fingerprint density at radius 1 is 0.917 bits per heavy atom. The van der Waals surface area contributed by atoms with Gasteiger partial charge < -0.3 is 41.6 Å². The van der Waals surface area contributed by atoms with Gasteiger partial charge in [-0.3, -0.25) is 24.0 Å². The maximum atomic E-state index is 14.6. The van der Waals surface area contributed by atoms with Crippen LogP contribution >= 0.6 is 11.6 Å². The summed E-state index contributed by atoms with van der Waals surface area (Å²) in [5.41, 5.74) is 20.0. The highest BCUT2D eigenvalue weighted by atomic mass is 35.5. The zero-order chi connectivity index (χ0) is 43.8. The lowest BCUT2D eigenvalue weighted by atomic mass is 9.88. The van der Waals surface area contributed by atoms with Crippen LogP contribution in [0.5, 0.6) is 17.2 Å². The molecule has 0 fully saturated rings. The van der Waals surface area contributed by atoms with E-state index in [1.807, 2.05) is 12.1 Å². The minimum absolute atomic E-state index is 0.0306. The van der Waals surface area contributed by atoms with E-state index < -0.39 is 41.5 Å². The van der Waals surface area contributed by atoms with Gasteiger partial charge in [0.15, 0.2) is 17.3 Å². The smallest absolute Gasteiger partial charge is 0.226 e. The number of carbonyl (C=O) groups excluding carboxylic acids is 5. The van der Waals surface area contributed by atoms with Crippen LogP contribution in [0.2, 0.25) is 5.02 Å². The predicted molar refractivity (Wildman–Crippen MR) is 229 cm³/mol. The first-order valence-electron chi connectivity index (χ1n) is 20.4. The molecule has 3 aromatic rings. The molecule has 0 spiro atoms. The summed E-state index contributed by atoms with van der Waals surface area (Å²) in [6.45, 7) is 4.99. The lowest BCUT2D eigenvalue weighted by molar-refractivity contribution is -0.142. The molecule has 14 nitrogen and oxygen atoms in total. The number of carbonyl (C=O) groups is 5. The van der Waals surface area contributed by atoms with Crippen molar-refractivity contribution in [3.8, 4) is 34.4 Å². The van der Waals surface area contributed by atoms with Crippen molar-refractivity contribution in [1.82, 2.24) is 10.2 Å². The third-order valence-corrected chi connectivity index (χ3v) is 10.6. The molecule has 0 aromatic heterocycles. The van der Waals surface area contributed by atoms with E-state index in [2.05, 4.69) is 12.2 Å². The fourth-order valence-electron chi connectivity index (χ4n) is 7.12. The first-order chi connectivity index (χ1) is 28.9. The maximum Gasteiger partial charge on any atom is 0.226 e. The molecule has 1 heterocycles. The Morgan fingerprint density at radius 2 is 1.60 bits per heavy atom. The highest BCUT2D eigenvalue weighted by Crippen LogP contribution is 2.41. The van der Waals surface area contributed by atoms with Crippen molar-refractivity contribution in [2.45, 2.75) is 77.3 Å². The molecule has 0 saturated heterocycles. The van der Waals surface area contributed by atoms with E-state index in [1.54, 1.807) is 55.5 Å². The van der Waals surface area contributed by atoms with Crippen LogP contribution in [0.3, 0.4) is 0 Å². The number of nitrogens with two attached hydrogens (primary N) is 3. The van der Waals surface area contributed by atoms with Gasteiger partial charge in [-0.05, 0) is 79.4 Å². The number of rotatable bonds is 20. The van der Waals surface area contributed by atoms with Gasteiger partial charge in [0.05, 0.1) is 23.7 Å². The van der Waals surface area contributed by atoms with Crippen LogP contribution in [0.25, 0.3) is 11.1 Å². The molecule has 4 atom stereocenters. The van der Waals surface area contributed by atoms with Crippen molar-refractivity contribution < 1.29 is 38.2 Å². The molecule has 7 N–H and O–H groups in total. The van der Waals surface area contributed by atoms with Gasteiger partial charge in [0.1, 0.15) is 36.5 Å². The number of fused-ring (bicyclic) bond motifs is 5. The van der Waals surface area contributed by atoms with Crippen molar-refractivity contribution in [1.29, 1.82) is 5.26 Å². The number of nitriles is 1. The molecule has 4 bridgehead atoms. The summed E-state index contributed by atoms with van der Waals surface area (Å²) in [6, 6.07) is 15.0. The first kappa shape index (κ1) is 47.3. The van der Waals surface area contributed by atoms with Crippen LogP contribution in [0.1, 0.15) is 86.3 Å². The number of hydrogen-bond acceptors (Lipinski definition) is 12. The van der Waals surface area contributed by atoms with Gasteiger partial charge in [-0.15, -0.1) is 0 Å². The minimum Gasteiger partial charge on any atom is -0.494 e. The Morgan fingerprint density at radius 3 is 2.23 bits per heavy atom. The molecule has 1 aliphatic rings.